The lowest BCUT2D eigenvalue weighted by Gasteiger charge is -1.98. The molecule has 3 aromatic heterocycles. The van der Waals surface area contributed by atoms with Crippen molar-refractivity contribution in [1.29, 1.82) is 0 Å². The number of nitrogens with zero attached hydrogens (tertiary/aromatic N) is 3. The van der Waals surface area contributed by atoms with Gasteiger partial charge in [0, 0.05) is 23.3 Å². The molecule has 3 rings (SSSR count). The van der Waals surface area contributed by atoms with Crippen molar-refractivity contribution >= 4 is 11.0 Å². The summed E-state index contributed by atoms with van der Waals surface area (Å²) in [4.78, 5) is 8.53. The number of nitrogens with one attached hydrogen (secondary N) is 1. The lowest BCUT2D eigenvalue weighted by molar-refractivity contribution is 1.10. The van der Waals surface area contributed by atoms with Crippen LogP contribution in [0.5, 0.6) is 0 Å². The number of hydrogen-bond donors (Lipinski definition) is 1. The molecule has 0 aliphatic carbocycles. The van der Waals surface area contributed by atoms with Gasteiger partial charge in [-0.3, -0.25) is 10.1 Å². The Hall–Kier alpha value is -2.23. The van der Waals surface area contributed by atoms with Gasteiger partial charge in [0.05, 0.1) is 11.9 Å². The lowest BCUT2D eigenvalue weighted by atomic mass is 10.1. The van der Waals surface area contributed by atoms with E-state index in [1.807, 2.05) is 24.3 Å². The van der Waals surface area contributed by atoms with Gasteiger partial charge in [0.1, 0.15) is 0 Å². The van der Waals surface area contributed by atoms with Crippen LogP contribution in [0.2, 0.25) is 0 Å². The number of rotatable bonds is 1. The van der Waals surface area contributed by atoms with Crippen molar-refractivity contribution in [3.05, 3.63) is 42.9 Å². The van der Waals surface area contributed by atoms with Crippen LogP contribution < -0.4 is 0 Å². The van der Waals surface area contributed by atoms with Crippen LogP contribution >= 0.6 is 0 Å². The highest BCUT2D eigenvalue weighted by molar-refractivity contribution is 5.79. The van der Waals surface area contributed by atoms with E-state index in [1.165, 1.54) is 0 Å². The minimum Gasteiger partial charge on any atom is -0.261 e. The van der Waals surface area contributed by atoms with Crippen molar-refractivity contribution in [2.45, 2.75) is 0 Å². The average Bonchev–Trinajstić information content (AvgIpc) is 2.77. The first-order valence-electron chi connectivity index (χ1n) is 4.64. The summed E-state index contributed by atoms with van der Waals surface area (Å²) in [6.07, 6.45) is 5.33. The van der Waals surface area contributed by atoms with Gasteiger partial charge in [0.25, 0.3) is 0 Å². The molecule has 0 aliphatic rings. The first-order valence-corrected chi connectivity index (χ1v) is 4.64. The Morgan fingerprint density at radius 2 is 2.07 bits per heavy atom. The standard InChI is InChI=1S/C11H8N4/c1-2-4-12-10(3-1)8-5-9-7-14-15-11(9)13-6-8/h1-7H,(H,13,14,15). The molecular weight excluding hydrogens is 188 g/mol. The molecule has 0 spiro atoms. The summed E-state index contributed by atoms with van der Waals surface area (Å²) >= 11 is 0. The predicted molar refractivity (Wildman–Crippen MR) is 57.1 cm³/mol. The minimum absolute atomic E-state index is 0.801. The van der Waals surface area contributed by atoms with Gasteiger partial charge in [0.15, 0.2) is 5.65 Å². The summed E-state index contributed by atoms with van der Waals surface area (Å²) in [5.74, 6) is 0. The average molecular weight is 196 g/mol. The molecule has 4 heteroatoms. The molecule has 0 unspecified atom stereocenters. The summed E-state index contributed by atoms with van der Waals surface area (Å²) in [5.41, 5.74) is 2.73. The van der Waals surface area contributed by atoms with E-state index in [9.17, 15) is 0 Å². The maximum Gasteiger partial charge on any atom is 0.155 e. The van der Waals surface area contributed by atoms with Crippen LogP contribution in [0.3, 0.4) is 0 Å². The van der Waals surface area contributed by atoms with Gasteiger partial charge >= 0.3 is 0 Å². The van der Waals surface area contributed by atoms with Gasteiger partial charge in [-0.1, -0.05) is 6.07 Å². The Balaban J connectivity index is 2.19. The Morgan fingerprint density at radius 3 is 2.93 bits per heavy atom. The lowest BCUT2D eigenvalue weighted by Crippen LogP contribution is -1.84. The van der Waals surface area contributed by atoms with E-state index in [0.29, 0.717) is 0 Å². The third-order valence-corrected chi connectivity index (χ3v) is 2.25. The zero-order valence-corrected chi connectivity index (χ0v) is 7.88. The van der Waals surface area contributed by atoms with E-state index >= 15 is 0 Å². The van der Waals surface area contributed by atoms with Crippen molar-refractivity contribution in [3.8, 4) is 11.3 Å². The smallest absolute Gasteiger partial charge is 0.155 e. The summed E-state index contributed by atoms with van der Waals surface area (Å²) in [7, 11) is 0. The number of aromatic nitrogens is 4. The molecule has 0 fully saturated rings. The number of fused-ring (bicyclic) bond motifs is 1. The molecule has 0 amide bonds. The third kappa shape index (κ3) is 1.36. The van der Waals surface area contributed by atoms with Crippen LogP contribution in [-0.2, 0) is 0 Å². The van der Waals surface area contributed by atoms with E-state index < -0.39 is 0 Å². The van der Waals surface area contributed by atoms with Crippen LogP contribution in [0.15, 0.2) is 42.9 Å². The van der Waals surface area contributed by atoms with E-state index in [4.69, 9.17) is 0 Å². The molecule has 0 bridgehead atoms. The highest BCUT2D eigenvalue weighted by atomic mass is 15.1. The molecule has 0 atom stereocenters. The molecule has 0 radical (unpaired) electrons. The van der Waals surface area contributed by atoms with Crippen LogP contribution in [0, 0.1) is 0 Å². The second kappa shape index (κ2) is 3.16. The molecule has 0 saturated heterocycles. The first kappa shape index (κ1) is 8.11. The maximum absolute atomic E-state index is 4.27. The van der Waals surface area contributed by atoms with Gasteiger partial charge in [-0.25, -0.2) is 4.98 Å². The first-order chi connectivity index (χ1) is 7.43. The van der Waals surface area contributed by atoms with Crippen LogP contribution in [-0.4, -0.2) is 20.2 Å². The third-order valence-electron chi connectivity index (χ3n) is 2.25. The number of pyridine rings is 2. The van der Waals surface area contributed by atoms with Crippen molar-refractivity contribution in [3.63, 3.8) is 0 Å². The van der Waals surface area contributed by atoms with E-state index in [-0.39, 0.29) is 0 Å². The fourth-order valence-corrected chi connectivity index (χ4v) is 1.51. The SMILES string of the molecule is c1ccc(-c2cnc3[nH]ncc3c2)nc1. The largest absolute Gasteiger partial charge is 0.261 e. The maximum atomic E-state index is 4.27. The van der Waals surface area contributed by atoms with Crippen LogP contribution in [0.25, 0.3) is 22.3 Å². The zero-order valence-electron chi connectivity index (χ0n) is 7.88. The minimum atomic E-state index is 0.801. The fraction of sp³-hybridized carbons (Fsp3) is 0. The molecule has 15 heavy (non-hydrogen) atoms. The molecule has 72 valence electrons. The summed E-state index contributed by atoms with van der Waals surface area (Å²) in [6, 6.07) is 7.84. The molecule has 0 saturated carbocycles. The van der Waals surface area contributed by atoms with Gasteiger partial charge in [-0.05, 0) is 18.2 Å². The van der Waals surface area contributed by atoms with E-state index in [1.54, 1.807) is 18.6 Å². The van der Waals surface area contributed by atoms with Gasteiger partial charge in [0.2, 0.25) is 0 Å². The van der Waals surface area contributed by atoms with Crippen LogP contribution in [0.1, 0.15) is 0 Å². The Kier molecular flexibility index (Phi) is 1.71. The van der Waals surface area contributed by atoms with E-state index in [2.05, 4.69) is 20.2 Å². The highest BCUT2D eigenvalue weighted by Crippen LogP contribution is 2.18. The Morgan fingerprint density at radius 1 is 1.07 bits per heavy atom. The van der Waals surface area contributed by atoms with Gasteiger partial charge in [-0.15, -0.1) is 0 Å². The molecule has 1 N–H and O–H groups in total. The topological polar surface area (TPSA) is 54.5 Å². The van der Waals surface area contributed by atoms with Gasteiger partial charge < -0.3 is 0 Å². The number of H-pyrrole nitrogens is 1. The number of aromatic amines is 1. The second-order valence-corrected chi connectivity index (χ2v) is 3.25. The highest BCUT2D eigenvalue weighted by Gasteiger charge is 2.01. The van der Waals surface area contributed by atoms with Gasteiger partial charge in [-0.2, -0.15) is 5.10 Å². The summed E-state index contributed by atoms with van der Waals surface area (Å²) < 4.78 is 0. The molecular formula is C11H8N4. The van der Waals surface area contributed by atoms with Crippen LogP contribution in [0.4, 0.5) is 0 Å². The fourth-order valence-electron chi connectivity index (χ4n) is 1.51. The molecule has 0 aromatic carbocycles. The molecule has 4 nitrogen and oxygen atoms in total. The summed E-state index contributed by atoms with van der Waals surface area (Å²) in [5, 5.41) is 7.74. The Bertz CT molecular complexity index is 586. The predicted octanol–water partition coefficient (Wildman–Crippen LogP) is 2.02. The molecule has 3 heterocycles. The monoisotopic (exact) mass is 196 g/mol. The quantitative estimate of drug-likeness (QED) is 0.647. The Labute approximate surface area is 86.0 Å². The van der Waals surface area contributed by atoms with Crippen molar-refractivity contribution in [1.82, 2.24) is 20.2 Å². The normalized spacial score (nSPS) is 10.7. The molecule has 3 aromatic rings. The zero-order chi connectivity index (χ0) is 10.1. The van der Waals surface area contributed by atoms with Crippen molar-refractivity contribution in [2.24, 2.45) is 0 Å². The number of hydrogen-bond acceptors (Lipinski definition) is 3. The summed E-state index contributed by atoms with van der Waals surface area (Å²) in [6.45, 7) is 0. The second-order valence-electron chi connectivity index (χ2n) is 3.25. The van der Waals surface area contributed by atoms with Crippen molar-refractivity contribution in [2.75, 3.05) is 0 Å². The van der Waals surface area contributed by atoms with E-state index in [0.717, 1.165) is 22.3 Å². The van der Waals surface area contributed by atoms with Crippen molar-refractivity contribution < 1.29 is 0 Å². The molecule has 0 aliphatic heterocycles.